The van der Waals surface area contributed by atoms with Crippen molar-refractivity contribution in [1.82, 2.24) is 10.7 Å². The summed E-state index contributed by atoms with van der Waals surface area (Å²) in [6, 6.07) is 15.9. The second-order valence-electron chi connectivity index (χ2n) is 7.71. The number of nitro benzene ring substituents is 1. The van der Waals surface area contributed by atoms with Crippen LogP contribution in [0.15, 0.2) is 71.5 Å². The molecule has 0 aromatic heterocycles. The standard InChI is InChI=1S/C26H22N4O8/c1-35-22-13-23(36-2)20(30(33)34)12-18(22)14-27-29-26(32)19(28-25(31)17-6-4-3-5-7-17)10-16-8-9-21-24(11-16)38-15-37-21/h3-14H,15H2,1-2H3,(H,28,31)(H,29,32)/b19-10+,27-14+. The van der Waals surface area contributed by atoms with Crippen LogP contribution in [0.4, 0.5) is 5.69 Å². The number of methoxy groups -OCH3 is 2. The van der Waals surface area contributed by atoms with Gasteiger partial charge in [-0.3, -0.25) is 19.7 Å². The van der Waals surface area contributed by atoms with Gasteiger partial charge in [-0.25, -0.2) is 5.43 Å². The van der Waals surface area contributed by atoms with Crippen molar-refractivity contribution in [2.24, 2.45) is 5.10 Å². The molecule has 4 rings (SSSR count). The molecule has 194 valence electrons. The summed E-state index contributed by atoms with van der Waals surface area (Å²) in [5.41, 5.74) is 3.03. The van der Waals surface area contributed by atoms with Crippen LogP contribution < -0.4 is 29.7 Å². The molecule has 0 fully saturated rings. The van der Waals surface area contributed by atoms with Crippen LogP contribution in [-0.2, 0) is 4.79 Å². The average molecular weight is 518 g/mol. The van der Waals surface area contributed by atoms with Crippen molar-refractivity contribution < 1.29 is 33.5 Å². The smallest absolute Gasteiger partial charge is 0.311 e. The van der Waals surface area contributed by atoms with Gasteiger partial charge < -0.3 is 24.3 Å². The lowest BCUT2D eigenvalue weighted by atomic mass is 10.1. The van der Waals surface area contributed by atoms with Crippen molar-refractivity contribution in [2.75, 3.05) is 21.0 Å². The molecule has 0 unspecified atom stereocenters. The number of nitrogens with zero attached hydrogens (tertiary/aromatic N) is 2. The molecule has 1 aliphatic heterocycles. The molecule has 0 saturated carbocycles. The number of hydrogen-bond acceptors (Lipinski definition) is 9. The second kappa shape index (κ2) is 11.6. The van der Waals surface area contributed by atoms with Gasteiger partial charge in [-0.2, -0.15) is 5.10 Å². The van der Waals surface area contributed by atoms with Crippen molar-refractivity contribution in [2.45, 2.75) is 0 Å². The normalized spacial score (nSPS) is 12.2. The maximum atomic E-state index is 13.0. The lowest BCUT2D eigenvalue weighted by Gasteiger charge is -2.10. The Balaban J connectivity index is 1.60. The van der Waals surface area contributed by atoms with Crippen LogP contribution in [0.2, 0.25) is 0 Å². The molecule has 2 N–H and O–H groups in total. The Morgan fingerprint density at radius 1 is 1.00 bits per heavy atom. The predicted molar refractivity (Wildman–Crippen MR) is 136 cm³/mol. The van der Waals surface area contributed by atoms with Gasteiger partial charge in [0.1, 0.15) is 11.4 Å². The van der Waals surface area contributed by atoms with E-state index in [1.54, 1.807) is 48.5 Å². The molecular weight excluding hydrogens is 496 g/mol. The average Bonchev–Trinajstić information content (AvgIpc) is 3.40. The first-order valence-electron chi connectivity index (χ1n) is 11.1. The van der Waals surface area contributed by atoms with E-state index >= 15 is 0 Å². The number of hydrazone groups is 1. The highest BCUT2D eigenvalue weighted by molar-refractivity contribution is 6.05. The largest absolute Gasteiger partial charge is 0.496 e. The minimum absolute atomic E-state index is 0.00519. The van der Waals surface area contributed by atoms with Crippen LogP contribution in [0.25, 0.3) is 6.08 Å². The fourth-order valence-electron chi connectivity index (χ4n) is 3.48. The monoisotopic (exact) mass is 518 g/mol. The highest BCUT2D eigenvalue weighted by atomic mass is 16.7. The van der Waals surface area contributed by atoms with Gasteiger partial charge in [-0.1, -0.05) is 24.3 Å². The van der Waals surface area contributed by atoms with E-state index in [0.717, 1.165) is 0 Å². The minimum Gasteiger partial charge on any atom is -0.496 e. The molecule has 12 nitrogen and oxygen atoms in total. The number of carbonyl (C=O) groups excluding carboxylic acids is 2. The van der Waals surface area contributed by atoms with Crippen LogP contribution >= 0.6 is 0 Å². The summed E-state index contributed by atoms with van der Waals surface area (Å²) >= 11 is 0. The van der Waals surface area contributed by atoms with Crippen LogP contribution in [0.5, 0.6) is 23.0 Å². The number of hydrogen-bond donors (Lipinski definition) is 2. The summed E-state index contributed by atoms with van der Waals surface area (Å²) < 4.78 is 21.0. The predicted octanol–water partition coefficient (Wildman–Crippen LogP) is 3.26. The summed E-state index contributed by atoms with van der Waals surface area (Å²) in [5.74, 6) is 0.0478. The van der Waals surface area contributed by atoms with E-state index in [9.17, 15) is 19.7 Å². The van der Waals surface area contributed by atoms with Crippen molar-refractivity contribution in [1.29, 1.82) is 0 Å². The number of benzene rings is 3. The van der Waals surface area contributed by atoms with Crippen molar-refractivity contribution >= 4 is 29.8 Å². The molecule has 0 spiro atoms. The summed E-state index contributed by atoms with van der Waals surface area (Å²) in [7, 11) is 2.68. The van der Waals surface area contributed by atoms with E-state index < -0.39 is 16.7 Å². The molecule has 0 saturated heterocycles. The van der Waals surface area contributed by atoms with E-state index in [1.165, 1.54) is 38.6 Å². The third-order valence-electron chi connectivity index (χ3n) is 5.33. The molecule has 2 amide bonds. The highest BCUT2D eigenvalue weighted by Crippen LogP contribution is 2.34. The molecule has 0 atom stereocenters. The van der Waals surface area contributed by atoms with Gasteiger partial charge in [-0.05, 0) is 35.9 Å². The van der Waals surface area contributed by atoms with E-state index in [-0.39, 0.29) is 35.2 Å². The summed E-state index contributed by atoms with van der Waals surface area (Å²) in [6.07, 6.45) is 2.63. The number of rotatable bonds is 9. The van der Waals surface area contributed by atoms with Gasteiger partial charge >= 0.3 is 5.69 Å². The highest BCUT2D eigenvalue weighted by Gasteiger charge is 2.20. The molecule has 12 heteroatoms. The lowest BCUT2D eigenvalue weighted by molar-refractivity contribution is -0.385. The quantitative estimate of drug-likeness (QED) is 0.190. The van der Waals surface area contributed by atoms with Gasteiger partial charge in [0, 0.05) is 23.3 Å². The van der Waals surface area contributed by atoms with Crippen LogP contribution in [0, 0.1) is 10.1 Å². The fraction of sp³-hybridized carbons (Fsp3) is 0.115. The molecule has 0 radical (unpaired) electrons. The Labute approximate surface area is 216 Å². The van der Waals surface area contributed by atoms with Gasteiger partial charge in [0.2, 0.25) is 12.5 Å². The Morgan fingerprint density at radius 3 is 2.45 bits per heavy atom. The lowest BCUT2D eigenvalue weighted by Crippen LogP contribution is -2.32. The Kier molecular flexibility index (Phi) is 7.82. The van der Waals surface area contributed by atoms with E-state index in [1.807, 2.05) is 0 Å². The van der Waals surface area contributed by atoms with E-state index in [0.29, 0.717) is 22.6 Å². The number of amides is 2. The topological polar surface area (TPSA) is 151 Å². The molecule has 1 heterocycles. The maximum Gasteiger partial charge on any atom is 0.311 e. The van der Waals surface area contributed by atoms with Gasteiger partial charge in [0.05, 0.1) is 25.4 Å². The van der Waals surface area contributed by atoms with Crippen LogP contribution in [-0.4, -0.2) is 44.0 Å². The number of carbonyl (C=O) groups is 2. The summed E-state index contributed by atoms with van der Waals surface area (Å²) in [6.45, 7) is 0.0856. The van der Waals surface area contributed by atoms with Crippen molar-refractivity contribution in [3.05, 3.63) is 93.2 Å². The third-order valence-corrected chi connectivity index (χ3v) is 5.33. The molecule has 0 aliphatic carbocycles. The zero-order valence-electron chi connectivity index (χ0n) is 20.3. The van der Waals surface area contributed by atoms with E-state index in [2.05, 4.69) is 15.8 Å². The second-order valence-corrected chi connectivity index (χ2v) is 7.71. The van der Waals surface area contributed by atoms with E-state index in [4.69, 9.17) is 18.9 Å². The Bertz CT molecular complexity index is 1440. The summed E-state index contributed by atoms with van der Waals surface area (Å²) in [4.78, 5) is 36.6. The first-order chi connectivity index (χ1) is 18.4. The van der Waals surface area contributed by atoms with Crippen LogP contribution in [0.1, 0.15) is 21.5 Å². The molecular formula is C26H22N4O8. The molecule has 3 aromatic carbocycles. The van der Waals surface area contributed by atoms with Crippen molar-refractivity contribution in [3.63, 3.8) is 0 Å². The molecule has 1 aliphatic rings. The number of ether oxygens (including phenoxy) is 4. The first kappa shape index (κ1) is 25.7. The minimum atomic E-state index is -0.745. The van der Waals surface area contributed by atoms with Gasteiger partial charge in [0.15, 0.2) is 11.5 Å². The third kappa shape index (κ3) is 5.87. The zero-order chi connectivity index (χ0) is 27.1. The van der Waals surface area contributed by atoms with Crippen LogP contribution in [0.3, 0.4) is 0 Å². The first-order valence-corrected chi connectivity index (χ1v) is 11.1. The summed E-state index contributed by atoms with van der Waals surface area (Å²) in [5, 5.41) is 17.9. The number of fused-ring (bicyclic) bond motifs is 1. The number of nitrogens with one attached hydrogen (secondary N) is 2. The van der Waals surface area contributed by atoms with Gasteiger partial charge in [-0.15, -0.1) is 0 Å². The fourth-order valence-corrected chi connectivity index (χ4v) is 3.48. The van der Waals surface area contributed by atoms with Gasteiger partial charge in [0.25, 0.3) is 11.8 Å². The number of nitro groups is 1. The van der Waals surface area contributed by atoms with Crippen molar-refractivity contribution in [3.8, 4) is 23.0 Å². The Hall–Kier alpha value is -5.39. The molecule has 38 heavy (non-hydrogen) atoms. The Morgan fingerprint density at radius 2 is 1.74 bits per heavy atom. The molecule has 0 bridgehead atoms. The molecule has 3 aromatic rings. The zero-order valence-corrected chi connectivity index (χ0v) is 20.3. The maximum absolute atomic E-state index is 13.0. The SMILES string of the molecule is COc1cc(OC)c([N+](=O)[O-])cc1/C=N/NC(=O)/C(=C\c1ccc2c(c1)OCO2)NC(=O)c1ccccc1.